The summed E-state index contributed by atoms with van der Waals surface area (Å²) in [6.45, 7) is 0.888. The van der Waals surface area contributed by atoms with Crippen molar-refractivity contribution in [1.29, 1.82) is 0 Å². The summed E-state index contributed by atoms with van der Waals surface area (Å²) in [7, 11) is 4.81. The summed E-state index contributed by atoms with van der Waals surface area (Å²) < 4.78 is 28.3. The second-order valence-electron chi connectivity index (χ2n) is 9.40. The van der Waals surface area contributed by atoms with Gasteiger partial charge in [0, 0.05) is 24.7 Å². The van der Waals surface area contributed by atoms with Crippen LogP contribution < -0.4 is 18.9 Å². The van der Waals surface area contributed by atoms with Gasteiger partial charge in [0.05, 0.1) is 27.9 Å². The Morgan fingerprint density at radius 3 is 2.33 bits per heavy atom. The summed E-state index contributed by atoms with van der Waals surface area (Å²) in [5.41, 5.74) is 4.42. The SMILES string of the molecule is COc1cc2c(cc1OC)[C@H]1Cc3ccc(OC)c(O[C@@H]4O[C@H](CO)[C@@H](O)[C@H](O)[C@H]4O)c3CN1CC2. The number of methoxy groups -OCH3 is 3. The maximum atomic E-state index is 10.5. The molecule has 0 aromatic heterocycles. The van der Waals surface area contributed by atoms with Gasteiger partial charge in [0.2, 0.25) is 6.29 Å². The molecule has 5 rings (SSSR count). The Hall–Kier alpha value is -2.60. The van der Waals surface area contributed by atoms with E-state index in [1.54, 1.807) is 14.2 Å². The number of hydrogen-bond donors (Lipinski definition) is 4. The minimum Gasteiger partial charge on any atom is -0.493 e. The maximum Gasteiger partial charge on any atom is 0.229 e. The normalized spacial score (nSPS) is 29.5. The van der Waals surface area contributed by atoms with E-state index in [0.29, 0.717) is 23.8 Å². The van der Waals surface area contributed by atoms with Gasteiger partial charge in [-0.3, -0.25) is 4.90 Å². The molecule has 0 unspecified atom stereocenters. The molecule has 2 aromatic rings. The van der Waals surface area contributed by atoms with Crippen molar-refractivity contribution in [3.05, 3.63) is 46.5 Å². The van der Waals surface area contributed by atoms with Gasteiger partial charge in [0.15, 0.2) is 23.0 Å². The summed E-state index contributed by atoms with van der Waals surface area (Å²) in [4.78, 5) is 2.37. The molecule has 0 saturated carbocycles. The first-order chi connectivity index (χ1) is 17.4. The molecule has 6 atom stereocenters. The van der Waals surface area contributed by atoms with Gasteiger partial charge < -0.3 is 44.1 Å². The Bertz CT molecular complexity index is 1110. The first kappa shape index (κ1) is 25.1. The van der Waals surface area contributed by atoms with Crippen molar-refractivity contribution < 1.29 is 44.1 Å². The van der Waals surface area contributed by atoms with Crippen LogP contribution in [-0.4, -0.2) is 90.5 Å². The predicted molar refractivity (Wildman–Crippen MR) is 127 cm³/mol. The third-order valence-electron chi connectivity index (χ3n) is 7.51. The first-order valence-electron chi connectivity index (χ1n) is 12.0. The molecule has 1 fully saturated rings. The second kappa shape index (κ2) is 10.0. The molecule has 10 heteroatoms. The molecule has 0 bridgehead atoms. The van der Waals surface area contributed by atoms with E-state index in [1.807, 2.05) is 12.1 Å². The molecule has 4 N–H and O–H groups in total. The Balaban J connectivity index is 1.48. The van der Waals surface area contributed by atoms with Crippen LogP contribution in [-0.2, 0) is 24.1 Å². The molecule has 10 nitrogen and oxygen atoms in total. The molecule has 0 amide bonds. The molecule has 36 heavy (non-hydrogen) atoms. The Morgan fingerprint density at radius 2 is 1.64 bits per heavy atom. The van der Waals surface area contributed by atoms with Gasteiger partial charge in [-0.25, -0.2) is 0 Å². The lowest BCUT2D eigenvalue weighted by molar-refractivity contribution is -0.277. The van der Waals surface area contributed by atoms with Crippen LogP contribution in [0.15, 0.2) is 24.3 Å². The number of fused-ring (bicyclic) bond motifs is 4. The molecule has 0 radical (unpaired) electrons. The second-order valence-corrected chi connectivity index (χ2v) is 9.40. The molecular formula is C26H33NO9. The van der Waals surface area contributed by atoms with Crippen LogP contribution in [0.5, 0.6) is 23.0 Å². The van der Waals surface area contributed by atoms with Crippen molar-refractivity contribution in [3.63, 3.8) is 0 Å². The highest BCUT2D eigenvalue weighted by atomic mass is 16.7. The molecule has 3 heterocycles. The lowest BCUT2D eigenvalue weighted by Gasteiger charge is -2.43. The summed E-state index contributed by atoms with van der Waals surface area (Å²) in [5.74, 6) is 2.30. The standard InChI is InChI=1S/C26H33NO9/c1-32-18-5-4-13-8-17-15-10-20(34-3)19(33-2)9-14(15)6-7-27(17)11-16(13)25(18)36-26-24(31)23(30)22(29)21(12-28)35-26/h4-5,9-10,17,21-24,26,28-31H,6-8,11-12H2,1-3H3/t17-,21-,22-,23+,24-,26+/m1/s1. The molecular weight excluding hydrogens is 470 g/mol. The van der Waals surface area contributed by atoms with Crippen molar-refractivity contribution >= 4 is 0 Å². The average Bonchev–Trinajstić information content (AvgIpc) is 2.91. The Morgan fingerprint density at radius 1 is 0.917 bits per heavy atom. The van der Waals surface area contributed by atoms with Crippen molar-refractivity contribution in [2.75, 3.05) is 34.5 Å². The van der Waals surface area contributed by atoms with E-state index in [0.717, 1.165) is 36.3 Å². The number of benzene rings is 2. The van der Waals surface area contributed by atoms with Crippen LogP contribution in [0.4, 0.5) is 0 Å². The quantitative estimate of drug-likeness (QED) is 0.443. The number of aliphatic hydroxyl groups is 4. The van der Waals surface area contributed by atoms with Gasteiger partial charge in [-0.05, 0) is 47.7 Å². The molecule has 3 aliphatic rings. The maximum absolute atomic E-state index is 10.5. The summed E-state index contributed by atoms with van der Waals surface area (Å²) >= 11 is 0. The van der Waals surface area contributed by atoms with Gasteiger partial charge in [-0.2, -0.15) is 0 Å². The number of hydrogen-bond acceptors (Lipinski definition) is 10. The summed E-state index contributed by atoms with van der Waals surface area (Å²) in [5, 5.41) is 40.4. The van der Waals surface area contributed by atoms with Crippen molar-refractivity contribution in [1.82, 2.24) is 4.90 Å². The fraction of sp³-hybridized carbons (Fsp3) is 0.538. The number of nitrogens with zero attached hydrogens (tertiary/aromatic N) is 1. The van der Waals surface area contributed by atoms with E-state index >= 15 is 0 Å². The van der Waals surface area contributed by atoms with E-state index in [-0.39, 0.29) is 6.04 Å². The number of rotatable bonds is 6. The van der Waals surface area contributed by atoms with E-state index in [4.69, 9.17) is 23.7 Å². The van der Waals surface area contributed by atoms with Gasteiger partial charge >= 0.3 is 0 Å². The van der Waals surface area contributed by atoms with Gasteiger partial charge in [-0.15, -0.1) is 0 Å². The Kier molecular flexibility index (Phi) is 6.99. The van der Waals surface area contributed by atoms with E-state index in [2.05, 4.69) is 17.0 Å². The molecule has 196 valence electrons. The van der Waals surface area contributed by atoms with Gasteiger partial charge in [0.1, 0.15) is 24.4 Å². The predicted octanol–water partition coefficient (Wildman–Crippen LogP) is 0.547. The monoisotopic (exact) mass is 503 g/mol. The van der Waals surface area contributed by atoms with Crippen molar-refractivity contribution in [2.24, 2.45) is 0 Å². The zero-order chi connectivity index (χ0) is 25.6. The average molecular weight is 504 g/mol. The van der Waals surface area contributed by atoms with Crippen molar-refractivity contribution in [3.8, 4) is 23.0 Å². The molecule has 0 aliphatic carbocycles. The largest absolute Gasteiger partial charge is 0.493 e. The van der Waals surface area contributed by atoms with Crippen LogP contribution in [0.1, 0.15) is 28.3 Å². The third kappa shape index (κ3) is 4.17. The van der Waals surface area contributed by atoms with Gasteiger partial charge in [0.25, 0.3) is 0 Å². The highest BCUT2D eigenvalue weighted by Gasteiger charge is 2.45. The van der Waals surface area contributed by atoms with Crippen LogP contribution in [0, 0.1) is 0 Å². The van der Waals surface area contributed by atoms with Crippen LogP contribution in [0.3, 0.4) is 0 Å². The number of aliphatic hydroxyl groups excluding tert-OH is 4. The van der Waals surface area contributed by atoms with E-state index < -0.39 is 37.3 Å². The van der Waals surface area contributed by atoms with Crippen LogP contribution in [0.25, 0.3) is 0 Å². The zero-order valence-electron chi connectivity index (χ0n) is 20.6. The highest BCUT2D eigenvalue weighted by molar-refractivity contribution is 5.55. The highest BCUT2D eigenvalue weighted by Crippen LogP contribution is 2.46. The van der Waals surface area contributed by atoms with E-state index in [9.17, 15) is 20.4 Å². The molecule has 3 aliphatic heterocycles. The zero-order valence-corrected chi connectivity index (χ0v) is 20.6. The fourth-order valence-electron chi connectivity index (χ4n) is 5.50. The van der Waals surface area contributed by atoms with E-state index in [1.165, 1.54) is 18.2 Å². The molecule has 2 aromatic carbocycles. The first-order valence-corrected chi connectivity index (χ1v) is 12.0. The van der Waals surface area contributed by atoms with Crippen LogP contribution >= 0.6 is 0 Å². The Labute approximate surface area is 209 Å². The smallest absolute Gasteiger partial charge is 0.229 e. The summed E-state index contributed by atoms with van der Waals surface area (Å²) in [6.07, 6.45) is -5.26. The lowest BCUT2D eigenvalue weighted by Crippen LogP contribution is -2.60. The molecule has 0 spiro atoms. The fourth-order valence-corrected chi connectivity index (χ4v) is 5.50. The minimum atomic E-state index is -1.53. The minimum absolute atomic E-state index is 0.148. The molecule has 1 saturated heterocycles. The third-order valence-corrected chi connectivity index (χ3v) is 7.51. The van der Waals surface area contributed by atoms with Gasteiger partial charge in [-0.1, -0.05) is 6.07 Å². The summed E-state index contributed by atoms with van der Waals surface area (Å²) in [6, 6.07) is 8.09. The number of ether oxygens (including phenoxy) is 5. The lowest BCUT2D eigenvalue weighted by atomic mass is 9.83. The van der Waals surface area contributed by atoms with Crippen molar-refractivity contribution in [2.45, 2.75) is 56.1 Å². The van der Waals surface area contributed by atoms with Crippen LogP contribution in [0.2, 0.25) is 0 Å². The topological polar surface area (TPSA) is 130 Å².